The van der Waals surface area contributed by atoms with Gasteiger partial charge in [0, 0.05) is 26.3 Å². The summed E-state index contributed by atoms with van der Waals surface area (Å²) in [4.78, 5) is 4.41. The first-order valence-electron chi connectivity index (χ1n) is 7.13. The second-order valence-electron chi connectivity index (χ2n) is 5.17. The molecule has 0 bridgehead atoms. The summed E-state index contributed by atoms with van der Waals surface area (Å²) in [5.74, 6) is 0. The van der Waals surface area contributed by atoms with Crippen molar-refractivity contribution in [3.05, 3.63) is 53.6 Å². The molecule has 0 atom stereocenters. The Bertz CT molecular complexity index is 670. The molecular formula is C18H21N3. The summed E-state index contributed by atoms with van der Waals surface area (Å²) in [6.45, 7) is 5.14. The minimum absolute atomic E-state index is 0.698. The van der Waals surface area contributed by atoms with Crippen molar-refractivity contribution < 1.29 is 0 Å². The zero-order chi connectivity index (χ0) is 15.4. The minimum Gasteiger partial charge on any atom is -0.373 e. The lowest BCUT2D eigenvalue weighted by Gasteiger charge is -2.28. The van der Waals surface area contributed by atoms with E-state index in [9.17, 15) is 0 Å². The van der Waals surface area contributed by atoms with E-state index in [0.717, 1.165) is 23.5 Å². The molecule has 0 aliphatic heterocycles. The van der Waals surface area contributed by atoms with Crippen molar-refractivity contribution in [1.82, 2.24) is 0 Å². The maximum absolute atomic E-state index is 8.99. The molecule has 2 aromatic carbocycles. The molecule has 2 rings (SSSR count). The normalized spacial score (nSPS) is 10.0. The highest BCUT2D eigenvalue weighted by Gasteiger charge is 2.13. The minimum atomic E-state index is 0.698. The molecule has 0 aliphatic rings. The molecule has 108 valence electrons. The zero-order valence-corrected chi connectivity index (χ0v) is 13.1. The second-order valence-corrected chi connectivity index (χ2v) is 5.17. The smallest absolute Gasteiger partial charge is 0.0991 e. The molecule has 3 nitrogen and oxygen atoms in total. The Morgan fingerprint density at radius 1 is 1.00 bits per heavy atom. The van der Waals surface area contributed by atoms with Crippen molar-refractivity contribution in [3.63, 3.8) is 0 Å². The van der Waals surface area contributed by atoms with Gasteiger partial charge < -0.3 is 9.80 Å². The summed E-state index contributed by atoms with van der Waals surface area (Å²) >= 11 is 0. The third kappa shape index (κ3) is 3.00. The van der Waals surface area contributed by atoms with E-state index in [1.807, 2.05) is 25.1 Å². The lowest BCUT2D eigenvalue weighted by Crippen LogP contribution is -2.20. The van der Waals surface area contributed by atoms with Crippen molar-refractivity contribution in [2.24, 2.45) is 0 Å². The molecule has 0 radical (unpaired) electrons. The predicted octanol–water partition coefficient (Wildman–Crippen LogP) is 4.09. The molecule has 0 aliphatic carbocycles. The van der Waals surface area contributed by atoms with E-state index in [1.54, 1.807) is 0 Å². The van der Waals surface area contributed by atoms with Gasteiger partial charge in [-0.25, -0.2) is 0 Å². The van der Waals surface area contributed by atoms with E-state index in [-0.39, 0.29) is 0 Å². The fourth-order valence-electron chi connectivity index (χ4n) is 2.47. The Kier molecular flexibility index (Phi) is 4.49. The van der Waals surface area contributed by atoms with Crippen LogP contribution in [0.4, 0.5) is 17.1 Å². The van der Waals surface area contributed by atoms with Gasteiger partial charge in [-0.15, -0.1) is 0 Å². The van der Waals surface area contributed by atoms with Gasteiger partial charge in [0.2, 0.25) is 0 Å². The molecule has 2 aromatic rings. The van der Waals surface area contributed by atoms with Crippen LogP contribution in [0.2, 0.25) is 0 Å². The SMILES string of the molecule is CCN(C)c1ccccc1N(C)c1ccc(C#N)cc1C. The highest BCUT2D eigenvalue weighted by molar-refractivity contribution is 5.78. The maximum Gasteiger partial charge on any atom is 0.0991 e. The fourth-order valence-corrected chi connectivity index (χ4v) is 2.47. The summed E-state index contributed by atoms with van der Waals surface area (Å²) in [6.07, 6.45) is 0. The average molecular weight is 279 g/mol. The molecule has 0 saturated carbocycles. The van der Waals surface area contributed by atoms with Gasteiger partial charge >= 0.3 is 0 Å². The first-order valence-corrected chi connectivity index (χ1v) is 7.13. The first kappa shape index (κ1) is 14.9. The van der Waals surface area contributed by atoms with E-state index in [0.29, 0.717) is 5.56 Å². The van der Waals surface area contributed by atoms with Crippen LogP contribution in [0.3, 0.4) is 0 Å². The zero-order valence-electron chi connectivity index (χ0n) is 13.1. The Morgan fingerprint density at radius 2 is 1.67 bits per heavy atom. The lowest BCUT2D eigenvalue weighted by atomic mass is 10.1. The van der Waals surface area contributed by atoms with Gasteiger partial charge in [0.1, 0.15) is 0 Å². The van der Waals surface area contributed by atoms with Crippen LogP contribution in [-0.4, -0.2) is 20.6 Å². The molecule has 0 N–H and O–H groups in total. The number of hydrogen-bond acceptors (Lipinski definition) is 3. The largest absolute Gasteiger partial charge is 0.373 e. The summed E-state index contributed by atoms with van der Waals surface area (Å²) < 4.78 is 0. The van der Waals surface area contributed by atoms with E-state index in [4.69, 9.17) is 5.26 Å². The van der Waals surface area contributed by atoms with Crippen LogP contribution in [-0.2, 0) is 0 Å². The number of anilines is 3. The summed E-state index contributed by atoms with van der Waals surface area (Å²) in [5, 5.41) is 8.99. The molecule has 0 saturated heterocycles. The highest BCUT2D eigenvalue weighted by Crippen LogP contribution is 2.34. The number of benzene rings is 2. The van der Waals surface area contributed by atoms with Crippen LogP contribution in [0, 0.1) is 18.3 Å². The number of nitrogens with zero attached hydrogens (tertiary/aromatic N) is 3. The van der Waals surface area contributed by atoms with Crippen molar-refractivity contribution in [3.8, 4) is 6.07 Å². The third-order valence-electron chi connectivity index (χ3n) is 3.82. The van der Waals surface area contributed by atoms with Crippen LogP contribution in [0.15, 0.2) is 42.5 Å². The van der Waals surface area contributed by atoms with E-state index >= 15 is 0 Å². The van der Waals surface area contributed by atoms with Crippen LogP contribution in [0.5, 0.6) is 0 Å². The predicted molar refractivity (Wildman–Crippen MR) is 89.3 cm³/mol. The maximum atomic E-state index is 8.99. The second kappa shape index (κ2) is 6.32. The van der Waals surface area contributed by atoms with Gasteiger partial charge in [-0.2, -0.15) is 5.26 Å². The first-order chi connectivity index (χ1) is 10.1. The summed E-state index contributed by atoms with van der Waals surface area (Å²) in [7, 11) is 4.16. The van der Waals surface area contributed by atoms with Gasteiger partial charge in [-0.3, -0.25) is 0 Å². The Balaban J connectivity index is 2.46. The number of para-hydroxylation sites is 2. The van der Waals surface area contributed by atoms with Crippen LogP contribution < -0.4 is 9.80 Å². The molecule has 0 spiro atoms. The van der Waals surface area contributed by atoms with Gasteiger partial charge in [0.25, 0.3) is 0 Å². The number of hydrogen-bond donors (Lipinski definition) is 0. The van der Waals surface area contributed by atoms with Crippen molar-refractivity contribution in [2.75, 3.05) is 30.4 Å². The Hall–Kier alpha value is -2.47. The van der Waals surface area contributed by atoms with Crippen LogP contribution >= 0.6 is 0 Å². The lowest BCUT2D eigenvalue weighted by molar-refractivity contribution is 0.963. The van der Waals surface area contributed by atoms with Gasteiger partial charge in [-0.1, -0.05) is 12.1 Å². The van der Waals surface area contributed by atoms with Crippen molar-refractivity contribution in [1.29, 1.82) is 5.26 Å². The Labute approximate surface area is 127 Å². The summed E-state index contributed by atoms with van der Waals surface area (Å²) in [5.41, 5.74) is 5.28. The average Bonchev–Trinajstić information content (AvgIpc) is 2.53. The van der Waals surface area contributed by atoms with Crippen molar-refractivity contribution >= 4 is 17.1 Å². The number of aryl methyl sites for hydroxylation is 1. The molecule has 0 aromatic heterocycles. The van der Waals surface area contributed by atoms with Crippen LogP contribution in [0.1, 0.15) is 18.1 Å². The molecule has 0 unspecified atom stereocenters. The standard InChI is InChI=1S/C18H21N3/c1-5-20(3)17-8-6-7-9-18(17)21(4)16-11-10-15(13-19)12-14(16)2/h6-12H,5H2,1-4H3. The van der Waals surface area contributed by atoms with Crippen LogP contribution in [0.25, 0.3) is 0 Å². The molecule has 0 heterocycles. The molecule has 0 fully saturated rings. The van der Waals surface area contributed by atoms with Gasteiger partial charge in [-0.05, 0) is 49.7 Å². The van der Waals surface area contributed by atoms with E-state index in [2.05, 4.69) is 61.2 Å². The molecule has 3 heteroatoms. The quantitative estimate of drug-likeness (QED) is 0.844. The Morgan fingerprint density at radius 3 is 2.24 bits per heavy atom. The fraction of sp³-hybridized carbons (Fsp3) is 0.278. The molecule has 0 amide bonds. The molecular weight excluding hydrogens is 258 g/mol. The van der Waals surface area contributed by atoms with Gasteiger partial charge in [0.15, 0.2) is 0 Å². The van der Waals surface area contributed by atoms with Crippen molar-refractivity contribution in [2.45, 2.75) is 13.8 Å². The molecule has 21 heavy (non-hydrogen) atoms. The summed E-state index contributed by atoms with van der Waals surface area (Å²) in [6, 6.07) is 16.4. The number of nitriles is 1. The van der Waals surface area contributed by atoms with Gasteiger partial charge in [0.05, 0.1) is 23.0 Å². The topological polar surface area (TPSA) is 30.3 Å². The monoisotopic (exact) mass is 279 g/mol. The van der Waals surface area contributed by atoms with E-state index < -0.39 is 0 Å². The van der Waals surface area contributed by atoms with E-state index in [1.165, 1.54) is 5.69 Å². The third-order valence-corrected chi connectivity index (χ3v) is 3.82. The number of rotatable bonds is 4. The highest BCUT2D eigenvalue weighted by atomic mass is 15.2.